The highest BCUT2D eigenvalue weighted by atomic mass is 35.5. The van der Waals surface area contributed by atoms with Crippen molar-refractivity contribution in [2.24, 2.45) is 5.92 Å². The molecule has 0 radical (unpaired) electrons. The quantitative estimate of drug-likeness (QED) is 0.707. The van der Waals surface area contributed by atoms with E-state index in [9.17, 15) is 4.79 Å². The summed E-state index contributed by atoms with van der Waals surface area (Å²) in [6, 6.07) is 0. The number of carbonyl (C=O) groups excluding carboxylic acids is 1. The summed E-state index contributed by atoms with van der Waals surface area (Å²) in [7, 11) is 0. The van der Waals surface area contributed by atoms with E-state index in [0.717, 1.165) is 58.0 Å². The Morgan fingerprint density at radius 3 is 2.38 bits per heavy atom. The van der Waals surface area contributed by atoms with E-state index in [4.69, 9.17) is 4.74 Å². The standard InChI is InChI=1S/C19H35N3O2.2ClH/c23-18(5-4-17-6-10-20-11-7-17)21-16-19(8-14-24-15-9-19)22-12-2-1-3-13-22;;/h17,20H,1-16H2,(H,21,23);2*1H. The van der Waals surface area contributed by atoms with Gasteiger partial charge in [0.15, 0.2) is 0 Å². The molecule has 154 valence electrons. The van der Waals surface area contributed by atoms with Gasteiger partial charge < -0.3 is 15.4 Å². The van der Waals surface area contributed by atoms with Crippen molar-refractivity contribution in [2.75, 3.05) is 45.9 Å². The van der Waals surface area contributed by atoms with Crippen molar-refractivity contribution in [2.45, 2.75) is 63.3 Å². The number of hydrogen-bond donors (Lipinski definition) is 2. The molecule has 0 aromatic carbocycles. The number of likely N-dealkylation sites (tertiary alicyclic amines) is 1. The summed E-state index contributed by atoms with van der Waals surface area (Å²) in [5, 5.41) is 6.67. The lowest BCUT2D eigenvalue weighted by molar-refractivity contribution is -0.123. The van der Waals surface area contributed by atoms with Gasteiger partial charge in [0.1, 0.15) is 0 Å². The van der Waals surface area contributed by atoms with Crippen LogP contribution in [0.1, 0.15) is 57.8 Å². The fourth-order valence-electron chi connectivity index (χ4n) is 4.58. The molecule has 0 spiro atoms. The molecule has 7 heteroatoms. The predicted molar refractivity (Wildman–Crippen MR) is 111 cm³/mol. The van der Waals surface area contributed by atoms with Gasteiger partial charge in [-0.25, -0.2) is 0 Å². The number of halogens is 2. The molecule has 3 saturated heterocycles. The Hall–Kier alpha value is -0.0700. The lowest BCUT2D eigenvalue weighted by Crippen LogP contribution is -2.59. The molecule has 26 heavy (non-hydrogen) atoms. The number of nitrogens with one attached hydrogen (secondary N) is 2. The number of piperidine rings is 2. The van der Waals surface area contributed by atoms with Gasteiger partial charge in [0.05, 0.1) is 0 Å². The maximum atomic E-state index is 12.4. The first-order valence-electron chi connectivity index (χ1n) is 10.1. The average Bonchev–Trinajstić information content (AvgIpc) is 2.67. The Morgan fingerprint density at radius 1 is 1.08 bits per heavy atom. The highest BCUT2D eigenvalue weighted by molar-refractivity contribution is 5.85. The van der Waals surface area contributed by atoms with Crippen LogP contribution in [0.5, 0.6) is 0 Å². The monoisotopic (exact) mass is 409 g/mol. The summed E-state index contributed by atoms with van der Waals surface area (Å²) >= 11 is 0. The molecule has 0 aliphatic carbocycles. The molecule has 0 aromatic heterocycles. The summed E-state index contributed by atoms with van der Waals surface area (Å²) in [5.74, 6) is 0.979. The summed E-state index contributed by atoms with van der Waals surface area (Å²) in [4.78, 5) is 15.0. The number of hydrogen-bond acceptors (Lipinski definition) is 4. The van der Waals surface area contributed by atoms with Crippen molar-refractivity contribution in [1.82, 2.24) is 15.5 Å². The van der Waals surface area contributed by atoms with Crippen molar-refractivity contribution in [1.29, 1.82) is 0 Å². The molecule has 1 amide bonds. The highest BCUT2D eigenvalue weighted by Crippen LogP contribution is 2.30. The Labute approximate surface area is 171 Å². The van der Waals surface area contributed by atoms with Crippen LogP contribution < -0.4 is 10.6 Å². The Bertz CT molecular complexity index is 394. The second kappa shape index (κ2) is 12.4. The molecule has 0 bridgehead atoms. The van der Waals surface area contributed by atoms with Gasteiger partial charge in [-0.3, -0.25) is 9.69 Å². The lowest BCUT2D eigenvalue weighted by atomic mass is 9.86. The van der Waals surface area contributed by atoms with E-state index in [1.807, 2.05) is 0 Å². The molecular formula is C19H37Cl2N3O2. The number of amides is 1. The molecule has 0 unspecified atom stereocenters. The van der Waals surface area contributed by atoms with Crippen LogP contribution in [0.4, 0.5) is 0 Å². The van der Waals surface area contributed by atoms with E-state index in [1.165, 1.54) is 45.2 Å². The second-order valence-electron chi connectivity index (χ2n) is 7.89. The lowest BCUT2D eigenvalue weighted by Gasteiger charge is -2.48. The Morgan fingerprint density at radius 2 is 1.73 bits per heavy atom. The van der Waals surface area contributed by atoms with Gasteiger partial charge in [0, 0.05) is 31.7 Å². The van der Waals surface area contributed by atoms with Gasteiger partial charge >= 0.3 is 0 Å². The molecule has 0 aromatic rings. The van der Waals surface area contributed by atoms with Crippen LogP contribution in [0, 0.1) is 5.92 Å². The third-order valence-electron chi connectivity index (χ3n) is 6.30. The van der Waals surface area contributed by atoms with Crippen molar-refractivity contribution in [3.8, 4) is 0 Å². The second-order valence-corrected chi connectivity index (χ2v) is 7.89. The van der Waals surface area contributed by atoms with Gasteiger partial charge in [0.25, 0.3) is 0 Å². The first kappa shape index (κ1) is 24.0. The van der Waals surface area contributed by atoms with Crippen molar-refractivity contribution in [3.05, 3.63) is 0 Å². The van der Waals surface area contributed by atoms with Crippen LogP contribution in [0.2, 0.25) is 0 Å². The van der Waals surface area contributed by atoms with Gasteiger partial charge in [-0.15, -0.1) is 24.8 Å². The van der Waals surface area contributed by atoms with Gasteiger partial charge in [-0.2, -0.15) is 0 Å². The van der Waals surface area contributed by atoms with E-state index in [-0.39, 0.29) is 36.3 Å². The van der Waals surface area contributed by atoms with Crippen molar-refractivity contribution >= 4 is 30.7 Å². The van der Waals surface area contributed by atoms with E-state index in [1.54, 1.807) is 0 Å². The first-order valence-corrected chi connectivity index (χ1v) is 10.1. The summed E-state index contributed by atoms with van der Waals surface area (Å²) in [5.41, 5.74) is 0.142. The summed E-state index contributed by atoms with van der Waals surface area (Å²) in [6.45, 7) is 7.08. The molecule has 3 fully saturated rings. The van der Waals surface area contributed by atoms with Crippen LogP contribution in [0.3, 0.4) is 0 Å². The minimum atomic E-state index is 0. The van der Waals surface area contributed by atoms with Gasteiger partial charge in [-0.05, 0) is 77.0 Å². The predicted octanol–water partition coefficient (Wildman–Crippen LogP) is 2.76. The molecular weight excluding hydrogens is 373 g/mol. The smallest absolute Gasteiger partial charge is 0.220 e. The fraction of sp³-hybridized carbons (Fsp3) is 0.947. The van der Waals surface area contributed by atoms with E-state index in [2.05, 4.69) is 15.5 Å². The van der Waals surface area contributed by atoms with Crippen LogP contribution in [0.25, 0.3) is 0 Å². The minimum Gasteiger partial charge on any atom is -0.381 e. The zero-order valence-corrected chi connectivity index (χ0v) is 17.6. The molecule has 3 aliphatic heterocycles. The maximum Gasteiger partial charge on any atom is 0.220 e. The third kappa shape index (κ3) is 6.83. The number of ether oxygens (including phenoxy) is 1. The molecule has 3 aliphatic rings. The largest absolute Gasteiger partial charge is 0.381 e. The molecule has 3 rings (SSSR count). The average molecular weight is 410 g/mol. The third-order valence-corrected chi connectivity index (χ3v) is 6.30. The zero-order valence-electron chi connectivity index (χ0n) is 16.0. The van der Waals surface area contributed by atoms with Crippen LogP contribution in [-0.2, 0) is 9.53 Å². The summed E-state index contributed by atoms with van der Waals surface area (Å²) in [6.07, 6.45) is 10.3. The summed E-state index contributed by atoms with van der Waals surface area (Å²) < 4.78 is 5.60. The molecule has 0 atom stereocenters. The first-order chi connectivity index (χ1) is 11.8. The molecule has 3 heterocycles. The van der Waals surface area contributed by atoms with Crippen molar-refractivity contribution < 1.29 is 9.53 Å². The zero-order chi connectivity index (χ0) is 16.7. The SMILES string of the molecule is Cl.Cl.O=C(CCC1CCNCC1)NCC1(N2CCCCC2)CCOCC1. The number of rotatable bonds is 6. The van der Waals surface area contributed by atoms with E-state index >= 15 is 0 Å². The van der Waals surface area contributed by atoms with Crippen LogP contribution in [-0.4, -0.2) is 62.3 Å². The highest BCUT2D eigenvalue weighted by Gasteiger charge is 2.39. The molecule has 2 N–H and O–H groups in total. The number of nitrogens with zero attached hydrogens (tertiary/aromatic N) is 1. The minimum absolute atomic E-state index is 0. The normalized spacial score (nSPS) is 24.2. The molecule has 5 nitrogen and oxygen atoms in total. The Balaban J connectivity index is 0.00000169. The van der Waals surface area contributed by atoms with Crippen molar-refractivity contribution in [3.63, 3.8) is 0 Å². The van der Waals surface area contributed by atoms with Crippen LogP contribution >= 0.6 is 24.8 Å². The van der Waals surface area contributed by atoms with Gasteiger partial charge in [0.2, 0.25) is 5.91 Å². The van der Waals surface area contributed by atoms with Gasteiger partial charge in [-0.1, -0.05) is 6.42 Å². The van der Waals surface area contributed by atoms with E-state index < -0.39 is 0 Å². The van der Waals surface area contributed by atoms with Crippen LogP contribution in [0.15, 0.2) is 0 Å². The topological polar surface area (TPSA) is 53.6 Å². The number of carbonyl (C=O) groups is 1. The Kier molecular flexibility index (Phi) is 11.4. The fourth-order valence-corrected chi connectivity index (χ4v) is 4.58. The maximum absolute atomic E-state index is 12.4. The van der Waals surface area contributed by atoms with E-state index in [0.29, 0.717) is 6.42 Å². The molecule has 0 saturated carbocycles.